The zero-order valence-electron chi connectivity index (χ0n) is 5.95. The van der Waals surface area contributed by atoms with Gasteiger partial charge in [-0.25, -0.2) is 0 Å². The van der Waals surface area contributed by atoms with Gasteiger partial charge in [0.05, 0.1) is 0 Å². The van der Waals surface area contributed by atoms with Crippen LogP contribution in [0.1, 0.15) is 0 Å². The Bertz CT molecular complexity index is 25.3. The van der Waals surface area contributed by atoms with Crippen molar-refractivity contribution < 1.29 is 16.4 Å². The molecule has 0 aromatic carbocycles. The second-order valence-corrected chi connectivity index (χ2v) is 0. The summed E-state index contributed by atoms with van der Waals surface area (Å²) in [4.78, 5) is 0. The van der Waals surface area contributed by atoms with Gasteiger partial charge in [0, 0.05) is 38.8 Å². The van der Waals surface area contributed by atoms with Crippen LogP contribution in [0.25, 0.3) is 0 Å². The van der Waals surface area contributed by atoms with E-state index in [-0.39, 0.29) is 110 Å². The fourth-order valence-electron chi connectivity index (χ4n) is 0. The molecule has 11 heavy (non-hydrogen) atoms. The molecule has 2 unspecified atom stereocenters. The fraction of sp³-hybridized carbons (Fsp3) is 0. The normalized spacial score (nSPS) is 0. The van der Waals surface area contributed by atoms with Crippen molar-refractivity contribution in [3.63, 3.8) is 0 Å². The number of hydrogen-bond acceptors (Lipinski definition) is 0. The van der Waals surface area contributed by atoms with Gasteiger partial charge in [0.15, 0.2) is 0 Å². The van der Waals surface area contributed by atoms with Crippen LogP contribution in [0.5, 0.6) is 0 Å². The van der Waals surface area contributed by atoms with E-state index >= 15 is 0 Å². The monoisotopic (exact) mass is 248 g/mol. The van der Waals surface area contributed by atoms with Gasteiger partial charge in [-0.3, -0.25) is 0 Å². The van der Waals surface area contributed by atoms with Gasteiger partial charge in [0.2, 0.25) is 0 Å². The minimum atomic E-state index is 0. The molecule has 0 fully saturated rings. The largest absolute Gasteiger partial charge is 3.00 e. The van der Waals surface area contributed by atoms with Crippen LogP contribution < -0.4 is 0 Å². The van der Waals surface area contributed by atoms with Crippen molar-refractivity contribution in [3.8, 4) is 0 Å². The van der Waals surface area contributed by atoms with Crippen LogP contribution in [0.3, 0.4) is 0 Å². The van der Waals surface area contributed by atoms with Crippen LogP contribution in [0.2, 0.25) is 0 Å². The summed E-state index contributed by atoms with van der Waals surface area (Å²) in [5.41, 5.74) is 0. The first kappa shape index (κ1) is 365. The smallest absolute Gasteiger partial charge is 2.00 e. The van der Waals surface area contributed by atoms with Crippen LogP contribution in [0, 0.1) is 0 Å². The molecule has 0 bridgehead atoms. The second kappa shape index (κ2) is 285. The van der Waals surface area contributed by atoms with Crippen molar-refractivity contribution in [2.24, 2.45) is 0 Å². The maximum atomic E-state index is 0. The topological polar surface area (TPSA) is 85.5 Å². The molecule has 0 saturated heterocycles. The van der Waals surface area contributed by atoms with Crippen molar-refractivity contribution in [1.82, 2.24) is 0 Å². The molecule has 14 radical (unpaired) electrons. The summed E-state index contributed by atoms with van der Waals surface area (Å²) in [7, 11) is 0. The molecular formula is H6Al2B2O3P2Si2. The SMILES string of the molecule is P.P.[Al+3].[Al+3].[B].[B].[O-2].[O-2].[O-2].[Si].[Si]. The molecule has 0 heterocycles. The van der Waals surface area contributed by atoms with Crippen LogP contribution in [-0.2, 0) is 16.4 Å². The summed E-state index contributed by atoms with van der Waals surface area (Å²) in [5.74, 6) is 0. The molecule has 0 N–H and O–H groups in total. The molecule has 0 saturated carbocycles. The van der Waals surface area contributed by atoms with E-state index in [2.05, 4.69) is 0 Å². The van der Waals surface area contributed by atoms with Crippen molar-refractivity contribution in [1.29, 1.82) is 0 Å². The maximum Gasteiger partial charge on any atom is 3.00 e. The van der Waals surface area contributed by atoms with Crippen LogP contribution in [0.4, 0.5) is 0 Å². The van der Waals surface area contributed by atoms with E-state index in [4.69, 9.17) is 0 Å². The van der Waals surface area contributed by atoms with Gasteiger partial charge in [-0.1, -0.05) is 0 Å². The Morgan fingerprint density at radius 3 is 0.455 bits per heavy atom. The van der Waals surface area contributed by atoms with E-state index in [1.54, 1.807) is 0 Å². The fourth-order valence-corrected chi connectivity index (χ4v) is 0. The molecule has 0 aromatic heterocycles. The standard InChI is InChI=1S/2Al.2B.3O.2H3P.2Si/h;;;;;;;2*1H3;;/q2*+3;;;3*-2;;;;. The molecule has 2 atom stereocenters. The Morgan fingerprint density at radius 2 is 0.455 bits per heavy atom. The molecule has 0 aliphatic rings. The average molecular weight is 248 g/mol. The van der Waals surface area contributed by atoms with Gasteiger partial charge < -0.3 is 16.4 Å². The molecular weight excluding hydrogens is 242 g/mol. The molecule has 0 aliphatic heterocycles. The van der Waals surface area contributed by atoms with Gasteiger partial charge in [-0.15, -0.1) is 0 Å². The summed E-state index contributed by atoms with van der Waals surface area (Å²) < 4.78 is 0. The van der Waals surface area contributed by atoms with E-state index in [9.17, 15) is 0 Å². The average Bonchev–Trinajstić information content (AvgIpc) is 0. The number of hydrogen-bond donors (Lipinski definition) is 0. The van der Waals surface area contributed by atoms with E-state index in [0.717, 1.165) is 0 Å². The molecule has 11 heteroatoms. The summed E-state index contributed by atoms with van der Waals surface area (Å²) in [6, 6.07) is 0. The molecule has 0 aliphatic carbocycles. The van der Waals surface area contributed by atoms with Crippen LogP contribution >= 0.6 is 19.8 Å². The van der Waals surface area contributed by atoms with Gasteiger partial charge in [0.1, 0.15) is 0 Å². The predicted molar refractivity (Wildman–Crippen MR) is 58.8 cm³/mol. The minimum Gasteiger partial charge on any atom is -2.00 e. The van der Waals surface area contributed by atoms with Crippen LogP contribution in [0.15, 0.2) is 0 Å². The Kier molecular flexibility index (Phi) is 9440. The van der Waals surface area contributed by atoms with Gasteiger partial charge >= 0.3 is 34.7 Å². The quantitative estimate of drug-likeness (QED) is 0.334. The Balaban J connectivity index is 0. The number of rotatable bonds is 0. The van der Waals surface area contributed by atoms with E-state index in [0.29, 0.717) is 0 Å². The summed E-state index contributed by atoms with van der Waals surface area (Å²) in [5, 5.41) is 0. The Labute approximate surface area is 109 Å². The third-order valence-corrected chi connectivity index (χ3v) is 0. The van der Waals surface area contributed by atoms with Crippen molar-refractivity contribution in [3.05, 3.63) is 0 Å². The Hall–Kier alpha value is 2.37. The molecule has 3 nitrogen and oxygen atoms in total. The molecule has 0 spiro atoms. The minimum absolute atomic E-state index is 0. The van der Waals surface area contributed by atoms with Gasteiger partial charge in [-0.2, -0.15) is 19.8 Å². The molecule has 0 amide bonds. The summed E-state index contributed by atoms with van der Waals surface area (Å²) >= 11 is 0. The first-order valence-electron chi connectivity index (χ1n) is 0. The van der Waals surface area contributed by atoms with Crippen molar-refractivity contribution in [2.45, 2.75) is 0 Å². The van der Waals surface area contributed by atoms with Crippen LogP contribution in [-0.4, -0.2) is 73.5 Å². The molecule has 0 aromatic rings. The first-order chi connectivity index (χ1) is 0. The summed E-state index contributed by atoms with van der Waals surface area (Å²) in [6.07, 6.45) is 0. The van der Waals surface area contributed by atoms with Gasteiger partial charge in [0.25, 0.3) is 0 Å². The van der Waals surface area contributed by atoms with Gasteiger partial charge in [-0.05, 0) is 0 Å². The third kappa shape index (κ3) is 237. The van der Waals surface area contributed by atoms with E-state index < -0.39 is 0 Å². The predicted octanol–water partition coefficient (Wildman–Crippen LogP) is -2.53. The first-order valence-corrected chi connectivity index (χ1v) is 0. The van der Waals surface area contributed by atoms with Crippen molar-refractivity contribution >= 4 is 93.3 Å². The maximum absolute atomic E-state index is 0. The second-order valence-electron chi connectivity index (χ2n) is 0. The summed E-state index contributed by atoms with van der Waals surface area (Å²) in [6.45, 7) is 0. The third-order valence-electron chi connectivity index (χ3n) is 0. The zero-order chi connectivity index (χ0) is 0. The molecule has 0 rings (SSSR count). The molecule has 54 valence electrons. The van der Waals surface area contributed by atoms with E-state index in [1.807, 2.05) is 0 Å². The van der Waals surface area contributed by atoms with Crippen molar-refractivity contribution in [2.75, 3.05) is 0 Å². The Morgan fingerprint density at radius 1 is 0.455 bits per heavy atom. The zero-order valence-corrected chi connectivity index (χ0v) is 13.1. The van der Waals surface area contributed by atoms with E-state index in [1.165, 1.54) is 0 Å².